The van der Waals surface area contributed by atoms with Crippen molar-refractivity contribution in [2.75, 3.05) is 0 Å². The van der Waals surface area contributed by atoms with Crippen LogP contribution < -0.4 is 21.7 Å². The van der Waals surface area contributed by atoms with Crippen LogP contribution in [-0.2, 0) is 30.4 Å². The lowest BCUT2D eigenvalue weighted by Gasteiger charge is -2.26. The van der Waals surface area contributed by atoms with E-state index in [1.165, 1.54) is 0 Å². The fourth-order valence-corrected chi connectivity index (χ4v) is 3.26. The molecule has 0 aromatic heterocycles. The quantitative estimate of drug-likeness (QED) is 0.213. The van der Waals surface area contributed by atoms with Crippen LogP contribution in [0.25, 0.3) is 0 Å². The first-order valence-electron chi connectivity index (χ1n) is 11.5. The van der Waals surface area contributed by atoms with E-state index < -0.39 is 66.2 Å². The Hall–Kier alpha value is -3.47. The van der Waals surface area contributed by atoms with Crippen molar-refractivity contribution in [2.24, 2.45) is 17.6 Å². The van der Waals surface area contributed by atoms with Gasteiger partial charge in [-0.2, -0.15) is 0 Å². The van der Waals surface area contributed by atoms with Crippen LogP contribution in [0.5, 0.6) is 0 Å². The molecule has 0 aliphatic carbocycles. The SMILES string of the molecule is CCC(C)C(N)C(=O)NC(Cc1ccccc1)C(=O)NC(CC(=O)O)C(=O)NC(C(=O)O)C(C)C. The zero-order valence-electron chi connectivity index (χ0n) is 20.5. The topological polar surface area (TPSA) is 188 Å². The number of carboxylic acids is 2. The average Bonchev–Trinajstić information content (AvgIpc) is 2.80. The Labute approximate surface area is 204 Å². The van der Waals surface area contributed by atoms with E-state index in [0.29, 0.717) is 6.42 Å². The molecule has 0 spiro atoms. The minimum absolute atomic E-state index is 0.0663. The summed E-state index contributed by atoms with van der Waals surface area (Å²) in [6, 6.07) is 3.96. The largest absolute Gasteiger partial charge is 0.481 e. The Morgan fingerprint density at radius 3 is 1.89 bits per heavy atom. The third kappa shape index (κ3) is 9.73. The lowest BCUT2D eigenvalue weighted by molar-refractivity contribution is -0.144. The van der Waals surface area contributed by atoms with Crippen LogP contribution in [0.2, 0.25) is 0 Å². The molecular weight excluding hydrogens is 456 g/mol. The second-order valence-corrected chi connectivity index (χ2v) is 8.89. The number of hydrogen-bond acceptors (Lipinski definition) is 6. The number of nitrogens with two attached hydrogens (primary N) is 1. The summed E-state index contributed by atoms with van der Waals surface area (Å²) < 4.78 is 0. The van der Waals surface area contributed by atoms with Gasteiger partial charge in [0.1, 0.15) is 18.1 Å². The van der Waals surface area contributed by atoms with Gasteiger partial charge in [0.25, 0.3) is 0 Å². The predicted octanol–water partition coefficient (Wildman–Crippen LogP) is 0.272. The van der Waals surface area contributed by atoms with Crippen molar-refractivity contribution in [2.45, 2.75) is 71.1 Å². The molecule has 194 valence electrons. The molecule has 5 unspecified atom stereocenters. The van der Waals surface area contributed by atoms with E-state index in [1.54, 1.807) is 51.1 Å². The number of carboxylic acid groups (broad SMARTS) is 2. The van der Waals surface area contributed by atoms with Gasteiger partial charge in [-0.05, 0) is 17.4 Å². The second-order valence-electron chi connectivity index (χ2n) is 8.89. The summed E-state index contributed by atoms with van der Waals surface area (Å²) in [4.78, 5) is 61.3. The third-order valence-corrected chi connectivity index (χ3v) is 5.72. The number of carbonyl (C=O) groups excluding carboxylic acids is 3. The Kier molecular flexibility index (Phi) is 11.9. The minimum atomic E-state index is -1.56. The molecule has 35 heavy (non-hydrogen) atoms. The standard InChI is InChI=1S/C24H36N4O7/c1-5-14(4)19(25)23(33)27-16(11-15-9-7-6-8-10-15)21(31)26-17(12-18(29)30)22(32)28-20(13(2)3)24(34)35/h6-10,13-14,16-17,19-20H,5,11-12,25H2,1-4H3,(H,26,31)(H,27,33)(H,28,32)(H,29,30)(H,34,35). The van der Waals surface area contributed by atoms with E-state index >= 15 is 0 Å². The number of nitrogens with one attached hydrogen (secondary N) is 3. The number of rotatable bonds is 14. The summed E-state index contributed by atoms with van der Waals surface area (Å²) >= 11 is 0. The van der Waals surface area contributed by atoms with E-state index in [4.69, 9.17) is 5.73 Å². The number of aliphatic carboxylic acids is 2. The number of benzene rings is 1. The summed E-state index contributed by atoms with van der Waals surface area (Å²) in [6.07, 6.45) is -0.0667. The highest BCUT2D eigenvalue weighted by atomic mass is 16.4. The molecule has 3 amide bonds. The summed E-state index contributed by atoms with van der Waals surface area (Å²) in [7, 11) is 0. The maximum Gasteiger partial charge on any atom is 0.326 e. The smallest absolute Gasteiger partial charge is 0.326 e. The van der Waals surface area contributed by atoms with Gasteiger partial charge in [-0.1, -0.05) is 64.4 Å². The normalized spacial score (nSPS) is 15.3. The number of amides is 3. The van der Waals surface area contributed by atoms with Gasteiger partial charge in [-0.15, -0.1) is 0 Å². The molecule has 1 aromatic rings. The van der Waals surface area contributed by atoms with Crippen LogP contribution in [-0.4, -0.2) is 64.0 Å². The van der Waals surface area contributed by atoms with Crippen molar-refractivity contribution in [3.05, 3.63) is 35.9 Å². The molecule has 1 rings (SSSR count). The number of hydrogen-bond donors (Lipinski definition) is 6. The monoisotopic (exact) mass is 492 g/mol. The van der Waals surface area contributed by atoms with Gasteiger partial charge in [0.15, 0.2) is 0 Å². The van der Waals surface area contributed by atoms with Crippen LogP contribution in [0.15, 0.2) is 30.3 Å². The van der Waals surface area contributed by atoms with Gasteiger partial charge in [0, 0.05) is 6.42 Å². The van der Waals surface area contributed by atoms with Gasteiger partial charge in [-0.25, -0.2) is 4.79 Å². The Bertz CT molecular complexity index is 891. The second kappa shape index (κ2) is 14.1. The Morgan fingerprint density at radius 2 is 1.40 bits per heavy atom. The van der Waals surface area contributed by atoms with E-state index in [9.17, 15) is 34.2 Å². The lowest BCUT2D eigenvalue weighted by Crippen LogP contribution is -2.58. The van der Waals surface area contributed by atoms with E-state index in [1.807, 2.05) is 6.92 Å². The van der Waals surface area contributed by atoms with E-state index in [-0.39, 0.29) is 12.3 Å². The molecule has 0 radical (unpaired) electrons. The first kappa shape index (κ1) is 29.6. The molecule has 7 N–H and O–H groups in total. The molecule has 0 aliphatic heterocycles. The van der Waals surface area contributed by atoms with Gasteiger partial charge in [-0.3, -0.25) is 19.2 Å². The van der Waals surface area contributed by atoms with Crippen molar-refractivity contribution in [1.82, 2.24) is 16.0 Å². The number of carbonyl (C=O) groups is 5. The maximum absolute atomic E-state index is 13.1. The van der Waals surface area contributed by atoms with Crippen molar-refractivity contribution in [3.8, 4) is 0 Å². The molecule has 0 saturated carbocycles. The molecule has 0 fully saturated rings. The van der Waals surface area contributed by atoms with Gasteiger partial charge in [0.2, 0.25) is 17.7 Å². The summed E-state index contributed by atoms with van der Waals surface area (Å²) in [5.74, 6) is -5.60. The fraction of sp³-hybridized carbons (Fsp3) is 0.542. The van der Waals surface area contributed by atoms with Crippen LogP contribution in [0.1, 0.15) is 46.1 Å². The van der Waals surface area contributed by atoms with E-state index in [2.05, 4.69) is 16.0 Å². The molecule has 11 nitrogen and oxygen atoms in total. The molecule has 11 heteroatoms. The molecule has 5 atom stereocenters. The molecule has 0 heterocycles. The van der Waals surface area contributed by atoms with Crippen molar-refractivity contribution >= 4 is 29.7 Å². The lowest BCUT2D eigenvalue weighted by atomic mass is 9.98. The molecule has 0 aliphatic rings. The highest BCUT2D eigenvalue weighted by Crippen LogP contribution is 2.09. The molecule has 0 bridgehead atoms. The van der Waals surface area contributed by atoms with Crippen LogP contribution in [0, 0.1) is 11.8 Å². The van der Waals surface area contributed by atoms with Crippen LogP contribution in [0.4, 0.5) is 0 Å². The van der Waals surface area contributed by atoms with Crippen LogP contribution in [0.3, 0.4) is 0 Å². The third-order valence-electron chi connectivity index (χ3n) is 5.72. The molecular formula is C24H36N4O7. The maximum atomic E-state index is 13.1. The zero-order chi connectivity index (χ0) is 26.7. The summed E-state index contributed by atoms with van der Waals surface area (Å²) in [6.45, 7) is 6.84. The summed E-state index contributed by atoms with van der Waals surface area (Å²) in [5, 5.41) is 25.8. The highest BCUT2D eigenvalue weighted by Gasteiger charge is 2.33. The first-order valence-corrected chi connectivity index (χ1v) is 11.5. The average molecular weight is 493 g/mol. The van der Waals surface area contributed by atoms with Crippen molar-refractivity contribution < 1.29 is 34.2 Å². The fourth-order valence-electron chi connectivity index (χ4n) is 3.26. The Morgan fingerprint density at radius 1 is 0.857 bits per heavy atom. The van der Waals surface area contributed by atoms with Gasteiger partial charge in [0.05, 0.1) is 12.5 Å². The predicted molar refractivity (Wildman–Crippen MR) is 128 cm³/mol. The zero-order valence-corrected chi connectivity index (χ0v) is 20.5. The van der Waals surface area contributed by atoms with Crippen LogP contribution >= 0.6 is 0 Å². The summed E-state index contributed by atoms with van der Waals surface area (Å²) in [5.41, 5.74) is 6.72. The van der Waals surface area contributed by atoms with E-state index in [0.717, 1.165) is 5.56 Å². The molecule has 1 aromatic carbocycles. The van der Waals surface area contributed by atoms with Crippen molar-refractivity contribution in [3.63, 3.8) is 0 Å². The van der Waals surface area contributed by atoms with Gasteiger partial charge < -0.3 is 31.9 Å². The van der Waals surface area contributed by atoms with Gasteiger partial charge >= 0.3 is 11.9 Å². The Balaban J connectivity index is 3.14. The van der Waals surface area contributed by atoms with Crippen molar-refractivity contribution in [1.29, 1.82) is 0 Å². The molecule has 0 saturated heterocycles. The minimum Gasteiger partial charge on any atom is -0.481 e. The highest BCUT2D eigenvalue weighted by molar-refractivity contribution is 5.95. The first-order chi connectivity index (χ1) is 16.4.